The first-order valence-electron chi connectivity index (χ1n) is 8.06. The number of hydrogen-bond acceptors (Lipinski definition) is 4. The van der Waals surface area contributed by atoms with E-state index in [9.17, 15) is 4.79 Å². The lowest BCUT2D eigenvalue weighted by atomic mass is 10.1. The summed E-state index contributed by atoms with van der Waals surface area (Å²) in [7, 11) is 0. The Kier molecular flexibility index (Phi) is 11.5. The lowest BCUT2D eigenvalue weighted by molar-refractivity contribution is 0.0954. The van der Waals surface area contributed by atoms with Gasteiger partial charge in [-0.3, -0.25) is 4.79 Å². The summed E-state index contributed by atoms with van der Waals surface area (Å²) in [6, 6.07) is 5.91. The number of unbranched alkanes of at least 4 members (excludes halogenated alkanes) is 1. The third-order valence-electron chi connectivity index (χ3n) is 3.23. The van der Waals surface area contributed by atoms with Crippen LogP contribution < -0.4 is 10.6 Å². The molecule has 0 radical (unpaired) electrons. The highest BCUT2D eigenvalue weighted by molar-refractivity contribution is 7.99. The van der Waals surface area contributed by atoms with Crippen LogP contribution in [0.1, 0.15) is 36.5 Å². The first-order chi connectivity index (χ1) is 11.2. The summed E-state index contributed by atoms with van der Waals surface area (Å²) in [5, 5.41) is 6.43. The fourth-order valence-corrected chi connectivity index (χ4v) is 3.44. The number of nitrogens with one attached hydrogen (secondary N) is 2. The van der Waals surface area contributed by atoms with Crippen molar-refractivity contribution in [1.29, 1.82) is 0 Å². The predicted octanol–water partition coefficient (Wildman–Crippen LogP) is 4.71. The van der Waals surface area contributed by atoms with Crippen molar-refractivity contribution in [3.05, 3.63) is 23.8 Å². The first kappa shape index (κ1) is 20.5. The molecule has 0 aliphatic rings. The van der Waals surface area contributed by atoms with Gasteiger partial charge in [-0.15, -0.1) is 23.4 Å². The van der Waals surface area contributed by atoms with Crippen LogP contribution in [0.4, 0.5) is 5.69 Å². The van der Waals surface area contributed by atoms with Crippen molar-refractivity contribution in [3.63, 3.8) is 0 Å². The maximum Gasteiger partial charge on any atom is 0.251 e. The van der Waals surface area contributed by atoms with Crippen molar-refractivity contribution in [3.8, 4) is 0 Å². The lowest BCUT2D eigenvalue weighted by Crippen LogP contribution is -2.24. The number of benzene rings is 1. The molecule has 0 unspecified atom stereocenters. The van der Waals surface area contributed by atoms with Gasteiger partial charge in [-0.05, 0) is 55.2 Å². The van der Waals surface area contributed by atoms with Gasteiger partial charge in [0.05, 0.1) is 0 Å². The normalized spacial score (nSPS) is 10.6. The zero-order valence-electron chi connectivity index (χ0n) is 14.0. The molecule has 0 spiro atoms. The average Bonchev–Trinajstić information content (AvgIpc) is 2.57. The molecule has 0 saturated heterocycles. The van der Waals surface area contributed by atoms with Crippen molar-refractivity contribution < 1.29 is 4.79 Å². The summed E-state index contributed by atoms with van der Waals surface area (Å²) in [5.41, 5.74) is 1.76. The second-order valence-electron chi connectivity index (χ2n) is 5.07. The second kappa shape index (κ2) is 12.8. The molecule has 2 N–H and O–H groups in total. The number of halogens is 1. The van der Waals surface area contributed by atoms with Crippen LogP contribution in [0, 0.1) is 0 Å². The van der Waals surface area contributed by atoms with E-state index in [0.717, 1.165) is 55.1 Å². The number of carbonyl (C=O) groups is 1. The van der Waals surface area contributed by atoms with Crippen molar-refractivity contribution in [2.75, 3.05) is 42.0 Å². The van der Waals surface area contributed by atoms with E-state index in [4.69, 9.17) is 11.6 Å². The van der Waals surface area contributed by atoms with Gasteiger partial charge in [-0.25, -0.2) is 0 Å². The van der Waals surface area contributed by atoms with Crippen LogP contribution in [0.3, 0.4) is 0 Å². The fourth-order valence-electron chi connectivity index (χ4n) is 2.05. The Balaban J connectivity index is 2.67. The Labute approximate surface area is 153 Å². The van der Waals surface area contributed by atoms with Crippen molar-refractivity contribution >= 4 is 46.7 Å². The molecular formula is C17H27ClN2OS2. The topological polar surface area (TPSA) is 41.1 Å². The minimum absolute atomic E-state index is 0.00274. The van der Waals surface area contributed by atoms with Crippen LogP contribution in [0.25, 0.3) is 0 Å². The lowest BCUT2D eigenvalue weighted by Gasteiger charge is -2.13. The highest BCUT2D eigenvalue weighted by atomic mass is 35.5. The molecule has 0 atom stereocenters. The molecule has 1 amide bonds. The molecule has 1 rings (SSSR count). The maximum atomic E-state index is 12.2. The standard InChI is InChI=1S/C17H27ClN2OS2/c1-3-23-16-8-7-14(17(21)20-11-6-12-22-2)13-15(16)19-10-5-4-9-18/h7-8,13,19H,3-6,9-12H2,1-2H3,(H,20,21). The largest absolute Gasteiger partial charge is 0.384 e. The van der Waals surface area contributed by atoms with Gasteiger partial charge in [0, 0.05) is 35.1 Å². The predicted molar refractivity (Wildman–Crippen MR) is 107 cm³/mol. The number of rotatable bonds is 12. The SMILES string of the molecule is CCSc1ccc(C(=O)NCCCSC)cc1NCCCCCl. The molecule has 6 heteroatoms. The average molecular weight is 375 g/mol. The minimum atomic E-state index is 0.00274. The number of anilines is 1. The van der Waals surface area contributed by atoms with E-state index in [0.29, 0.717) is 5.88 Å². The summed E-state index contributed by atoms with van der Waals surface area (Å²) in [6.07, 6.45) is 5.11. The Morgan fingerprint density at radius 3 is 2.74 bits per heavy atom. The highest BCUT2D eigenvalue weighted by Crippen LogP contribution is 2.28. The summed E-state index contributed by atoms with van der Waals surface area (Å²) in [5.74, 6) is 2.77. The number of hydrogen-bond donors (Lipinski definition) is 2. The van der Waals surface area contributed by atoms with E-state index < -0.39 is 0 Å². The molecule has 3 nitrogen and oxygen atoms in total. The maximum absolute atomic E-state index is 12.2. The van der Waals surface area contributed by atoms with Gasteiger partial charge < -0.3 is 10.6 Å². The Morgan fingerprint density at radius 1 is 1.22 bits per heavy atom. The summed E-state index contributed by atoms with van der Waals surface area (Å²) < 4.78 is 0. The van der Waals surface area contributed by atoms with Crippen LogP contribution in [-0.4, -0.2) is 42.6 Å². The zero-order chi connectivity index (χ0) is 16.9. The fraction of sp³-hybridized carbons (Fsp3) is 0.588. The van der Waals surface area contributed by atoms with E-state index in [2.05, 4.69) is 23.8 Å². The Morgan fingerprint density at radius 2 is 2.04 bits per heavy atom. The number of alkyl halides is 1. The van der Waals surface area contributed by atoms with Crippen molar-refractivity contribution in [2.24, 2.45) is 0 Å². The van der Waals surface area contributed by atoms with Crippen LogP contribution in [0.15, 0.2) is 23.1 Å². The summed E-state index contributed by atoms with van der Waals surface area (Å²) in [4.78, 5) is 13.4. The van der Waals surface area contributed by atoms with Crippen LogP contribution in [0.2, 0.25) is 0 Å². The van der Waals surface area contributed by atoms with E-state index in [1.165, 1.54) is 4.90 Å². The number of thioether (sulfide) groups is 2. The molecule has 0 aliphatic heterocycles. The molecule has 0 fully saturated rings. The van der Waals surface area contributed by atoms with Gasteiger partial charge in [0.25, 0.3) is 5.91 Å². The third kappa shape index (κ3) is 8.23. The smallest absolute Gasteiger partial charge is 0.251 e. The van der Waals surface area contributed by atoms with E-state index >= 15 is 0 Å². The molecule has 0 bridgehead atoms. The van der Waals surface area contributed by atoms with Crippen LogP contribution in [0.5, 0.6) is 0 Å². The number of amides is 1. The van der Waals surface area contributed by atoms with E-state index in [1.54, 1.807) is 23.5 Å². The van der Waals surface area contributed by atoms with Gasteiger partial charge in [-0.2, -0.15) is 11.8 Å². The molecule has 23 heavy (non-hydrogen) atoms. The number of carbonyl (C=O) groups excluding carboxylic acids is 1. The van der Waals surface area contributed by atoms with Gasteiger partial charge in [0.1, 0.15) is 0 Å². The highest BCUT2D eigenvalue weighted by Gasteiger charge is 2.09. The van der Waals surface area contributed by atoms with Gasteiger partial charge in [0.2, 0.25) is 0 Å². The molecule has 0 aliphatic carbocycles. The first-order valence-corrected chi connectivity index (χ1v) is 11.0. The Hall–Kier alpha value is -0.520. The molecule has 130 valence electrons. The quantitative estimate of drug-likeness (QED) is 0.316. The third-order valence-corrected chi connectivity index (χ3v) is 5.15. The van der Waals surface area contributed by atoms with E-state index in [1.807, 2.05) is 18.2 Å². The minimum Gasteiger partial charge on any atom is -0.384 e. The molecule has 0 aromatic heterocycles. The molecule has 0 saturated carbocycles. The molecule has 1 aromatic rings. The molecule has 0 heterocycles. The summed E-state index contributed by atoms with van der Waals surface area (Å²) >= 11 is 9.30. The Bertz CT molecular complexity index is 472. The summed E-state index contributed by atoms with van der Waals surface area (Å²) in [6.45, 7) is 3.74. The molecule has 1 aromatic carbocycles. The van der Waals surface area contributed by atoms with Gasteiger partial charge in [-0.1, -0.05) is 6.92 Å². The second-order valence-corrected chi connectivity index (χ2v) is 7.74. The van der Waals surface area contributed by atoms with Crippen molar-refractivity contribution in [2.45, 2.75) is 31.1 Å². The van der Waals surface area contributed by atoms with E-state index in [-0.39, 0.29) is 5.91 Å². The van der Waals surface area contributed by atoms with Crippen molar-refractivity contribution in [1.82, 2.24) is 5.32 Å². The van der Waals surface area contributed by atoms with Gasteiger partial charge in [0.15, 0.2) is 0 Å². The van der Waals surface area contributed by atoms with Crippen LogP contribution >= 0.6 is 35.1 Å². The van der Waals surface area contributed by atoms with Crippen LogP contribution in [-0.2, 0) is 0 Å². The molecular weight excluding hydrogens is 348 g/mol. The zero-order valence-corrected chi connectivity index (χ0v) is 16.4. The monoisotopic (exact) mass is 374 g/mol. The van der Waals surface area contributed by atoms with Gasteiger partial charge >= 0.3 is 0 Å².